The van der Waals surface area contributed by atoms with Crippen molar-refractivity contribution in [2.45, 2.75) is 45.6 Å². The fourth-order valence-corrected chi connectivity index (χ4v) is 4.43. The van der Waals surface area contributed by atoms with Crippen LogP contribution in [0.2, 0.25) is 0 Å². The molecule has 7 heteroatoms. The maximum absolute atomic E-state index is 12.9. The molecule has 2 aliphatic rings. The SMILES string of the molecule is CC(C)[C@@H]1CN(C(=O)Cc2cn3ccsc3n2)CCC(=O)N1CC1CC1. The third-order valence-electron chi connectivity index (χ3n) is 5.47. The highest BCUT2D eigenvalue weighted by molar-refractivity contribution is 7.15. The summed E-state index contributed by atoms with van der Waals surface area (Å²) in [7, 11) is 0. The van der Waals surface area contributed by atoms with E-state index >= 15 is 0 Å². The molecule has 1 aliphatic heterocycles. The fourth-order valence-electron chi connectivity index (χ4n) is 3.72. The van der Waals surface area contributed by atoms with Gasteiger partial charge in [-0.3, -0.25) is 14.0 Å². The van der Waals surface area contributed by atoms with Crippen LogP contribution < -0.4 is 0 Å². The molecule has 2 aromatic heterocycles. The van der Waals surface area contributed by atoms with Crippen molar-refractivity contribution in [2.75, 3.05) is 19.6 Å². The van der Waals surface area contributed by atoms with Crippen molar-refractivity contribution >= 4 is 28.1 Å². The highest BCUT2D eigenvalue weighted by Gasteiger charge is 2.36. The van der Waals surface area contributed by atoms with Gasteiger partial charge in [-0.15, -0.1) is 11.3 Å². The van der Waals surface area contributed by atoms with Gasteiger partial charge in [0.1, 0.15) is 0 Å². The number of hydrogen-bond acceptors (Lipinski definition) is 4. The second-order valence-electron chi connectivity index (χ2n) is 7.89. The minimum Gasteiger partial charge on any atom is -0.340 e. The minimum atomic E-state index is 0.0717. The minimum absolute atomic E-state index is 0.0717. The predicted molar refractivity (Wildman–Crippen MR) is 101 cm³/mol. The van der Waals surface area contributed by atoms with Crippen LogP contribution in [0.15, 0.2) is 17.8 Å². The second kappa shape index (κ2) is 7.02. The van der Waals surface area contributed by atoms with Gasteiger partial charge in [0, 0.05) is 43.8 Å². The molecule has 0 aromatic carbocycles. The summed E-state index contributed by atoms with van der Waals surface area (Å²) in [6.07, 6.45) is 7.07. The monoisotopic (exact) mass is 374 g/mol. The van der Waals surface area contributed by atoms with E-state index in [9.17, 15) is 9.59 Å². The van der Waals surface area contributed by atoms with Crippen LogP contribution in [0.25, 0.3) is 4.96 Å². The summed E-state index contributed by atoms with van der Waals surface area (Å²) < 4.78 is 1.95. The fraction of sp³-hybridized carbons (Fsp3) is 0.632. The topological polar surface area (TPSA) is 57.9 Å². The van der Waals surface area contributed by atoms with E-state index in [0.29, 0.717) is 37.8 Å². The Labute approximate surface area is 157 Å². The molecule has 6 nitrogen and oxygen atoms in total. The Morgan fingerprint density at radius 3 is 2.88 bits per heavy atom. The third-order valence-corrected chi connectivity index (χ3v) is 6.24. The number of carbonyl (C=O) groups excluding carboxylic acids is 2. The van der Waals surface area contributed by atoms with E-state index in [2.05, 4.69) is 23.7 Å². The lowest BCUT2D eigenvalue weighted by molar-refractivity contribution is -0.134. The molecule has 140 valence electrons. The highest BCUT2D eigenvalue weighted by Crippen LogP contribution is 2.32. The molecule has 2 amide bonds. The summed E-state index contributed by atoms with van der Waals surface area (Å²) in [6.45, 7) is 6.31. The Morgan fingerprint density at radius 2 is 2.19 bits per heavy atom. The Kier molecular flexibility index (Phi) is 4.73. The number of fused-ring (bicyclic) bond motifs is 1. The lowest BCUT2D eigenvalue weighted by Gasteiger charge is -2.34. The van der Waals surface area contributed by atoms with Crippen LogP contribution in [0.3, 0.4) is 0 Å². The standard InChI is InChI=1S/C19H26N4O2S/c1-13(2)16-12-21(6-5-17(24)23(16)10-14-3-4-14)18(25)9-15-11-22-7-8-26-19(22)20-15/h7-8,11,13-14,16H,3-6,9-10,12H2,1-2H3/t16-/m0/s1. The zero-order valence-electron chi connectivity index (χ0n) is 15.4. The summed E-state index contributed by atoms with van der Waals surface area (Å²) in [6, 6.07) is 0.111. The molecule has 0 spiro atoms. The van der Waals surface area contributed by atoms with Crippen LogP contribution in [0.5, 0.6) is 0 Å². The van der Waals surface area contributed by atoms with Crippen LogP contribution in [0.4, 0.5) is 0 Å². The van der Waals surface area contributed by atoms with Gasteiger partial charge in [-0.1, -0.05) is 13.8 Å². The van der Waals surface area contributed by atoms with Crippen molar-refractivity contribution in [1.82, 2.24) is 19.2 Å². The molecule has 0 radical (unpaired) electrons. The molecule has 1 saturated carbocycles. The molecule has 1 saturated heterocycles. The van der Waals surface area contributed by atoms with E-state index < -0.39 is 0 Å². The number of aromatic nitrogens is 2. The van der Waals surface area contributed by atoms with Gasteiger partial charge in [0.05, 0.1) is 18.2 Å². The average Bonchev–Trinajstić information content (AvgIpc) is 3.22. The Morgan fingerprint density at radius 1 is 1.38 bits per heavy atom. The van der Waals surface area contributed by atoms with Crippen molar-refractivity contribution in [3.63, 3.8) is 0 Å². The molecule has 26 heavy (non-hydrogen) atoms. The number of hydrogen-bond donors (Lipinski definition) is 0. The number of thiazole rings is 1. The van der Waals surface area contributed by atoms with E-state index in [4.69, 9.17) is 0 Å². The molecule has 0 bridgehead atoms. The molecular weight excluding hydrogens is 348 g/mol. The zero-order valence-corrected chi connectivity index (χ0v) is 16.2. The van der Waals surface area contributed by atoms with Gasteiger partial charge in [-0.2, -0.15) is 0 Å². The van der Waals surface area contributed by atoms with E-state index in [0.717, 1.165) is 17.2 Å². The number of amides is 2. The molecule has 0 unspecified atom stereocenters. The molecule has 2 aromatic rings. The lowest BCUT2D eigenvalue weighted by atomic mass is 10.0. The first-order valence-corrected chi connectivity index (χ1v) is 10.4. The highest BCUT2D eigenvalue weighted by atomic mass is 32.1. The first-order chi connectivity index (χ1) is 12.5. The van der Waals surface area contributed by atoms with Gasteiger partial charge in [-0.05, 0) is 24.7 Å². The predicted octanol–water partition coefficient (Wildman–Crippen LogP) is 2.43. The number of nitrogens with zero attached hydrogens (tertiary/aromatic N) is 4. The van der Waals surface area contributed by atoms with Gasteiger partial charge >= 0.3 is 0 Å². The van der Waals surface area contributed by atoms with Gasteiger partial charge in [0.2, 0.25) is 11.8 Å². The summed E-state index contributed by atoms with van der Waals surface area (Å²) in [5, 5.41) is 1.98. The van der Waals surface area contributed by atoms with Crippen LogP contribution in [-0.4, -0.2) is 56.7 Å². The number of imidazole rings is 1. The summed E-state index contributed by atoms with van der Waals surface area (Å²) >= 11 is 1.57. The maximum Gasteiger partial charge on any atom is 0.228 e. The molecule has 4 rings (SSSR count). The molecular formula is C19H26N4O2S. The van der Waals surface area contributed by atoms with E-state index in [-0.39, 0.29) is 17.9 Å². The van der Waals surface area contributed by atoms with E-state index in [1.807, 2.05) is 27.1 Å². The van der Waals surface area contributed by atoms with Gasteiger partial charge < -0.3 is 9.80 Å². The normalized spacial score (nSPS) is 21.7. The van der Waals surface area contributed by atoms with Crippen molar-refractivity contribution in [3.8, 4) is 0 Å². The van der Waals surface area contributed by atoms with Crippen molar-refractivity contribution in [1.29, 1.82) is 0 Å². The van der Waals surface area contributed by atoms with Crippen LogP contribution in [-0.2, 0) is 16.0 Å². The summed E-state index contributed by atoms with van der Waals surface area (Å²) in [4.78, 5) is 34.9. The summed E-state index contributed by atoms with van der Waals surface area (Å²) in [5.41, 5.74) is 0.799. The van der Waals surface area contributed by atoms with Crippen LogP contribution >= 0.6 is 11.3 Å². The second-order valence-corrected chi connectivity index (χ2v) is 8.77. The molecule has 2 fully saturated rings. The molecule has 1 atom stereocenters. The first kappa shape index (κ1) is 17.5. The first-order valence-electron chi connectivity index (χ1n) is 9.49. The van der Waals surface area contributed by atoms with Gasteiger partial charge in [0.15, 0.2) is 4.96 Å². The number of carbonyl (C=O) groups is 2. The van der Waals surface area contributed by atoms with Gasteiger partial charge in [-0.25, -0.2) is 4.98 Å². The smallest absolute Gasteiger partial charge is 0.228 e. The van der Waals surface area contributed by atoms with Crippen molar-refractivity contribution < 1.29 is 9.59 Å². The summed E-state index contributed by atoms with van der Waals surface area (Å²) in [5.74, 6) is 1.28. The Hall–Kier alpha value is -1.89. The van der Waals surface area contributed by atoms with Crippen molar-refractivity contribution in [2.24, 2.45) is 11.8 Å². The molecule has 1 aliphatic carbocycles. The number of rotatable bonds is 5. The van der Waals surface area contributed by atoms with Crippen LogP contribution in [0, 0.1) is 11.8 Å². The average molecular weight is 375 g/mol. The van der Waals surface area contributed by atoms with E-state index in [1.54, 1.807) is 11.3 Å². The van der Waals surface area contributed by atoms with Gasteiger partial charge in [0.25, 0.3) is 0 Å². The Bertz CT molecular complexity index is 779. The van der Waals surface area contributed by atoms with Crippen LogP contribution in [0.1, 0.15) is 38.8 Å². The molecule has 3 heterocycles. The largest absolute Gasteiger partial charge is 0.340 e. The Balaban J connectivity index is 1.47. The van der Waals surface area contributed by atoms with Crippen molar-refractivity contribution in [3.05, 3.63) is 23.5 Å². The lowest BCUT2D eigenvalue weighted by Crippen LogP contribution is -2.48. The maximum atomic E-state index is 12.9. The molecule has 0 N–H and O–H groups in total. The van der Waals surface area contributed by atoms with E-state index in [1.165, 1.54) is 12.8 Å². The third kappa shape index (κ3) is 3.63. The quantitative estimate of drug-likeness (QED) is 0.808. The zero-order chi connectivity index (χ0) is 18.3.